The second-order valence-electron chi connectivity index (χ2n) is 5.41. The molecular formula is C17H18ClF3N2. The molecule has 0 bridgehead atoms. The van der Waals surface area contributed by atoms with Gasteiger partial charge >= 0.3 is 6.18 Å². The van der Waals surface area contributed by atoms with Gasteiger partial charge in [0.25, 0.3) is 0 Å². The van der Waals surface area contributed by atoms with Gasteiger partial charge in [-0.05, 0) is 28.8 Å². The number of rotatable bonds is 2. The largest absolute Gasteiger partial charge is 0.416 e. The maximum Gasteiger partial charge on any atom is 0.416 e. The molecule has 6 heteroatoms. The van der Waals surface area contributed by atoms with Crippen LogP contribution in [-0.2, 0) is 6.18 Å². The highest BCUT2D eigenvalue weighted by atomic mass is 35.5. The molecule has 0 spiro atoms. The molecule has 1 fully saturated rings. The van der Waals surface area contributed by atoms with E-state index < -0.39 is 11.7 Å². The second-order valence-corrected chi connectivity index (χ2v) is 5.41. The molecule has 0 amide bonds. The van der Waals surface area contributed by atoms with E-state index in [1.807, 2.05) is 24.3 Å². The zero-order chi connectivity index (χ0) is 15.6. The van der Waals surface area contributed by atoms with Crippen LogP contribution in [0.25, 0.3) is 11.1 Å². The van der Waals surface area contributed by atoms with Gasteiger partial charge in [-0.3, -0.25) is 0 Å². The summed E-state index contributed by atoms with van der Waals surface area (Å²) in [5.41, 5.74) is 2.27. The summed E-state index contributed by atoms with van der Waals surface area (Å²) in [4.78, 5) is 0. The van der Waals surface area contributed by atoms with E-state index in [0.29, 0.717) is 0 Å². The fourth-order valence-electron chi connectivity index (χ4n) is 2.65. The third kappa shape index (κ3) is 4.25. The summed E-state index contributed by atoms with van der Waals surface area (Å²) >= 11 is 0. The minimum atomic E-state index is -4.29. The number of nitrogens with one attached hydrogen (secondary N) is 2. The molecule has 0 radical (unpaired) electrons. The van der Waals surface area contributed by atoms with Crippen LogP contribution in [-0.4, -0.2) is 19.6 Å². The number of alkyl halides is 3. The van der Waals surface area contributed by atoms with Crippen molar-refractivity contribution < 1.29 is 13.2 Å². The lowest BCUT2D eigenvalue weighted by molar-refractivity contribution is -0.137. The molecule has 1 atom stereocenters. The standard InChI is InChI=1S/C17H17F3N2.ClH/c18-17(19,20)15-7-5-13(6-8-15)12-1-3-14(4-2-12)16-11-21-9-10-22-16;/h1-8,16,21-22H,9-11H2;1H/t16-;/m0./s1. The molecule has 1 aliphatic heterocycles. The first-order chi connectivity index (χ1) is 10.5. The Bertz CT molecular complexity index is 618. The van der Waals surface area contributed by atoms with E-state index >= 15 is 0 Å². The SMILES string of the molecule is Cl.FC(F)(F)c1ccc(-c2ccc([C@@H]3CNCCN3)cc2)cc1. The molecular weight excluding hydrogens is 325 g/mol. The van der Waals surface area contributed by atoms with E-state index in [4.69, 9.17) is 0 Å². The van der Waals surface area contributed by atoms with Gasteiger partial charge in [0, 0.05) is 25.7 Å². The number of halogens is 4. The van der Waals surface area contributed by atoms with Crippen LogP contribution in [0.1, 0.15) is 17.2 Å². The van der Waals surface area contributed by atoms with Crippen molar-refractivity contribution in [1.82, 2.24) is 10.6 Å². The van der Waals surface area contributed by atoms with E-state index in [1.165, 1.54) is 17.7 Å². The lowest BCUT2D eigenvalue weighted by Gasteiger charge is -2.25. The zero-order valence-corrected chi connectivity index (χ0v) is 13.2. The Balaban J connectivity index is 0.00000192. The van der Waals surface area contributed by atoms with Gasteiger partial charge in [0.15, 0.2) is 0 Å². The molecule has 2 nitrogen and oxygen atoms in total. The lowest BCUT2D eigenvalue weighted by Crippen LogP contribution is -2.42. The Kier molecular flexibility index (Phi) is 5.68. The Morgan fingerprint density at radius 3 is 1.87 bits per heavy atom. The van der Waals surface area contributed by atoms with Crippen LogP contribution < -0.4 is 10.6 Å². The van der Waals surface area contributed by atoms with Gasteiger partial charge in [0.1, 0.15) is 0 Å². The molecule has 0 aliphatic carbocycles. The van der Waals surface area contributed by atoms with Crippen molar-refractivity contribution in [2.24, 2.45) is 0 Å². The van der Waals surface area contributed by atoms with Gasteiger partial charge in [-0.25, -0.2) is 0 Å². The van der Waals surface area contributed by atoms with Gasteiger partial charge in [-0.2, -0.15) is 13.2 Å². The average Bonchev–Trinajstić information content (AvgIpc) is 2.55. The zero-order valence-electron chi connectivity index (χ0n) is 12.4. The summed E-state index contributed by atoms with van der Waals surface area (Å²) in [5.74, 6) is 0. The van der Waals surface area contributed by atoms with E-state index in [9.17, 15) is 13.2 Å². The van der Waals surface area contributed by atoms with Crippen molar-refractivity contribution >= 4 is 12.4 Å². The van der Waals surface area contributed by atoms with Crippen LogP contribution in [0.2, 0.25) is 0 Å². The Hall–Kier alpha value is -1.56. The van der Waals surface area contributed by atoms with Crippen molar-refractivity contribution in [3.63, 3.8) is 0 Å². The maximum atomic E-state index is 12.6. The molecule has 2 N–H and O–H groups in total. The minimum Gasteiger partial charge on any atom is -0.314 e. The van der Waals surface area contributed by atoms with Crippen molar-refractivity contribution in [1.29, 1.82) is 0 Å². The summed E-state index contributed by atoms with van der Waals surface area (Å²) < 4.78 is 37.7. The molecule has 0 saturated carbocycles. The fourth-order valence-corrected chi connectivity index (χ4v) is 2.65. The van der Waals surface area contributed by atoms with E-state index in [1.54, 1.807) is 0 Å². The first kappa shape index (κ1) is 17.8. The number of benzene rings is 2. The fraction of sp³-hybridized carbons (Fsp3) is 0.294. The maximum absolute atomic E-state index is 12.6. The molecule has 124 valence electrons. The smallest absolute Gasteiger partial charge is 0.314 e. The molecule has 3 rings (SSSR count). The van der Waals surface area contributed by atoms with Gasteiger partial charge in [-0.1, -0.05) is 36.4 Å². The summed E-state index contributed by atoms with van der Waals surface area (Å²) in [6, 6.07) is 13.5. The van der Waals surface area contributed by atoms with Crippen molar-refractivity contribution in [3.8, 4) is 11.1 Å². The minimum absolute atomic E-state index is 0. The normalized spacial score (nSPS) is 18.3. The monoisotopic (exact) mass is 342 g/mol. The summed E-state index contributed by atoms with van der Waals surface area (Å²) in [6.45, 7) is 2.80. The molecule has 2 aromatic carbocycles. The predicted octanol–water partition coefficient (Wildman–Crippen LogP) is 4.03. The summed E-state index contributed by atoms with van der Waals surface area (Å²) in [6.07, 6.45) is -4.29. The Morgan fingerprint density at radius 1 is 0.826 bits per heavy atom. The molecule has 2 aromatic rings. The Morgan fingerprint density at radius 2 is 1.39 bits per heavy atom. The molecule has 23 heavy (non-hydrogen) atoms. The van der Waals surface area contributed by atoms with Crippen LogP contribution in [0.5, 0.6) is 0 Å². The van der Waals surface area contributed by atoms with Gasteiger partial charge in [0.2, 0.25) is 0 Å². The van der Waals surface area contributed by atoms with E-state index in [2.05, 4.69) is 10.6 Å². The van der Waals surface area contributed by atoms with Gasteiger partial charge < -0.3 is 10.6 Å². The third-order valence-electron chi connectivity index (χ3n) is 3.90. The second kappa shape index (κ2) is 7.34. The molecule has 1 heterocycles. The molecule has 0 unspecified atom stereocenters. The highest BCUT2D eigenvalue weighted by Crippen LogP contribution is 2.31. The molecule has 1 aliphatic rings. The van der Waals surface area contributed by atoms with Gasteiger partial charge in [-0.15, -0.1) is 12.4 Å². The third-order valence-corrected chi connectivity index (χ3v) is 3.90. The van der Waals surface area contributed by atoms with E-state index in [-0.39, 0.29) is 18.4 Å². The summed E-state index contributed by atoms with van der Waals surface area (Å²) in [7, 11) is 0. The van der Waals surface area contributed by atoms with Crippen molar-refractivity contribution in [2.45, 2.75) is 12.2 Å². The van der Waals surface area contributed by atoms with Gasteiger partial charge in [0.05, 0.1) is 5.56 Å². The number of hydrogen-bond acceptors (Lipinski definition) is 2. The van der Waals surface area contributed by atoms with Crippen LogP contribution in [0.4, 0.5) is 13.2 Å². The summed E-state index contributed by atoms with van der Waals surface area (Å²) in [5, 5.41) is 6.76. The van der Waals surface area contributed by atoms with E-state index in [0.717, 1.165) is 42.9 Å². The van der Waals surface area contributed by atoms with Crippen LogP contribution in [0.15, 0.2) is 48.5 Å². The van der Waals surface area contributed by atoms with Crippen LogP contribution in [0, 0.1) is 0 Å². The van der Waals surface area contributed by atoms with Crippen LogP contribution >= 0.6 is 12.4 Å². The number of piperazine rings is 1. The highest BCUT2D eigenvalue weighted by Gasteiger charge is 2.29. The van der Waals surface area contributed by atoms with Crippen molar-refractivity contribution in [3.05, 3.63) is 59.7 Å². The first-order valence-corrected chi connectivity index (χ1v) is 7.26. The Labute approximate surface area is 139 Å². The quantitative estimate of drug-likeness (QED) is 0.861. The van der Waals surface area contributed by atoms with Crippen molar-refractivity contribution in [2.75, 3.05) is 19.6 Å². The van der Waals surface area contributed by atoms with Crippen LogP contribution in [0.3, 0.4) is 0 Å². The molecule has 1 saturated heterocycles. The average molecular weight is 343 g/mol. The highest BCUT2D eigenvalue weighted by molar-refractivity contribution is 5.85. The lowest BCUT2D eigenvalue weighted by atomic mass is 9.99. The number of hydrogen-bond donors (Lipinski definition) is 2. The topological polar surface area (TPSA) is 24.1 Å². The first-order valence-electron chi connectivity index (χ1n) is 7.26. The molecule has 0 aromatic heterocycles. The predicted molar refractivity (Wildman–Crippen MR) is 87.7 cm³/mol.